The van der Waals surface area contributed by atoms with Gasteiger partial charge >= 0.3 is 0 Å². The molecule has 136 valence electrons. The molecule has 3 heteroatoms. The molecule has 1 aliphatic heterocycles. The summed E-state index contributed by atoms with van der Waals surface area (Å²) in [7, 11) is 0. The number of carbonyl (C=O) groups is 1. The summed E-state index contributed by atoms with van der Waals surface area (Å²) in [6.45, 7) is 1.70. The molecule has 1 aliphatic carbocycles. The summed E-state index contributed by atoms with van der Waals surface area (Å²) in [6.07, 6.45) is 10.5. The first kappa shape index (κ1) is 19.6. The average molecular weight is 341 g/mol. The second-order valence-corrected chi connectivity index (χ2v) is 6.70. The zero-order valence-electron chi connectivity index (χ0n) is 15.2. The fourth-order valence-electron chi connectivity index (χ4n) is 3.24. The topological polar surface area (TPSA) is 49.3 Å². The molecule has 0 aromatic heterocycles. The fraction of sp³-hybridized carbons (Fsp3) is 0.500. The maximum atomic E-state index is 10.2. The molecule has 0 bridgehead atoms. The monoisotopic (exact) mass is 341 g/mol. The van der Waals surface area contributed by atoms with Gasteiger partial charge in [0.2, 0.25) is 0 Å². The second kappa shape index (κ2) is 11.8. The van der Waals surface area contributed by atoms with Gasteiger partial charge in [-0.15, -0.1) is 0 Å². The summed E-state index contributed by atoms with van der Waals surface area (Å²) in [5.41, 5.74) is 1.22. The third-order valence-electron chi connectivity index (χ3n) is 4.66. The number of hydrogen-bond donors (Lipinski definition) is 2. The first-order valence-electron chi connectivity index (χ1n) is 9.61. The highest BCUT2D eigenvalue weighted by Gasteiger charge is 2.06. The standard InChI is InChI=1S/C12H12O.C6H12.C4H7NO/c13-9-8-11-6-3-5-10-4-1-2-7-12(10)11;1-2-4-6-5-3-1;6-4-1-2-5-3-4/h1-7,13H,8-9H2;1-6H2;5H,1-3H2. The first-order valence-corrected chi connectivity index (χ1v) is 9.61. The quantitative estimate of drug-likeness (QED) is 0.858. The van der Waals surface area contributed by atoms with E-state index in [0.29, 0.717) is 12.3 Å². The molecular formula is C22H31NO2. The molecule has 25 heavy (non-hydrogen) atoms. The number of rotatable bonds is 2. The molecule has 0 spiro atoms. The molecule has 2 aliphatic rings. The Hall–Kier alpha value is -1.71. The Balaban J connectivity index is 0.000000156. The van der Waals surface area contributed by atoms with Crippen LogP contribution in [0, 0.1) is 0 Å². The third kappa shape index (κ3) is 7.37. The molecule has 2 fully saturated rings. The minimum atomic E-state index is 0.216. The molecule has 0 atom stereocenters. The van der Waals surface area contributed by atoms with Crippen LogP contribution in [0.25, 0.3) is 10.8 Å². The Morgan fingerprint density at radius 3 is 2.04 bits per heavy atom. The smallest absolute Gasteiger partial charge is 0.147 e. The van der Waals surface area contributed by atoms with E-state index < -0.39 is 0 Å². The predicted octanol–water partition coefficient (Wildman–Crippen LogP) is 4.26. The van der Waals surface area contributed by atoms with Gasteiger partial charge in [0.25, 0.3) is 0 Å². The lowest BCUT2D eigenvalue weighted by Crippen LogP contribution is -2.07. The predicted molar refractivity (Wildman–Crippen MR) is 105 cm³/mol. The van der Waals surface area contributed by atoms with E-state index in [1.807, 2.05) is 18.2 Å². The zero-order chi connectivity index (χ0) is 17.7. The molecule has 2 aromatic rings. The largest absolute Gasteiger partial charge is 0.396 e. The number of hydrogen-bond acceptors (Lipinski definition) is 3. The number of aliphatic hydroxyl groups excluding tert-OH is 1. The van der Waals surface area contributed by atoms with Crippen molar-refractivity contribution >= 4 is 16.6 Å². The number of carbonyl (C=O) groups excluding carboxylic acids is 1. The van der Waals surface area contributed by atoms with E-state index in [-0.39, 0.29) is 6.61 Å². The van der Waals surface area contributed by atoms with E-state index >= 15 is 0 Å². The van der Waals surface area contributed by atoms with Crippen LogP contribution in [0.4, 0.5) is 0 Å². The molecule has 1 heterocycles. The maximum absolute atomic E-state index is 10.2. The van der Waals surface area contributed by atoms with Crippen LogP contribution in [-0.4, -0.2) is 30.6 Å². The molecule has 0 amide bonds. The molecule has 0 unspecified atom stereocenters. The number of ketones is 1. The van der Waals surface area contributed by atoms with E-state index in [4.69, 9.17) is 5.11 Å². The minimum Gasteiger partial charge on any atom is -0.396 e. The highest BCUT2D eigenvalue weighted by molar-refractivity contribution is 5.85. The van der Waals surface area contributed by atoms with Crippen molar-refractivity contribution in [3.05, 3.63) is 48.0 Å². The summed E-state index contributed by atoms with van der Waals surface area (Å²) in [4.78, 5) is 10.2. The lowest BCUT2D eigenvalue weighted by molar-refractivity contribution is -0.116. The van der Waals surface area contributed by atoms with Crippen molar-refractivity contribution in [2.24, 2.45) is 0 Å². The summed E-state index contributed by atoms with van der Waals surface area (Å²) < 4.78 is 0. The van der Waals surface area contributed by atoms with E-state index in [1.165, 1.54) is 54.9 Å². The van der Waals surface area contributed by atoms with Gasteiger partial charge in [-0.05, 0) is 22.8 Å². The number of nitrogens with one attached hydrogen (secondary N) is 1. The summed E-state index contributed by atoms with van der Waals surface area (Å²) in [5.74, 6) is 0.343. The first-order chi connectivity index (χ1) is 12.3. The summed E-state index contributed by atoms with van der Waals surface area (Å²) >= 11 is 0. The van der Waals surface area contributed by atoms with Crippen LogP contribution in [0.5, 0.6) is 0 Å². The van der Waals surface area contributed by atoms with Crippen LogP contribution in [-0.2, 0) is 11.2 Å². The molecule has 1 saturated carbocycles. The summed E-state index contributed by atoms with van der Waals surface area (Å²) in [5, 5.41) is 14.3. The molecule has 4 rings (SSSR count). The Bertz CT molecular complexity index is 610. The fourth-order valence-corrected chi connectivity index (χ4v) is 3.24. The number of aliphatic hydroxyl groups is 1. The lowest BCUT2D eigenvalue weighted by Gasteiger charge is -2.05. The van der Waals surface area contributed by atoms with Crippen molar-refractivity contribution < 1.29 is 9.90 Å². The van der Waals surface area contributed by atoms with Crippen molar-refractivity contribution in [1.82, 2.24) is 5.32 Å². The van der Waals surface area contributed by atoms with E-state index in [0.717, 1.165) is 19.4 Å². The van der Waals surface area contributed by atoms with Gasteiger partial charge in [-0.2, -0.15) is 0 Å². The molecule has 2 aromatic carbocycles. The van der Waals surface area contributed by atoms with Crippen molar-refractivity contribution in [3.63, 3.8) is 0 Å². The van der Waals surface area contributed by atoms with Gasteiger partial charge in [0.1, 0.15) is 5.78 Å². The summed E-state index contributed by atoms with van der Waals surface area (Å²) in [6, 6.07) is 14.5. The van der Waals surface area contributed by atoms with Gasteiger partial charge in [-0.25, -0.2) is 0 Å². The normalized spacial score (nSPS) is 16.6. The minimum absolute atomic E-state index is 0.216. The lowest BCUT2D eigenvalue weighted by atomic mass is 10.0. The van der Waals surface area contributed by atoms with Gasteiger partial charge in [0.15, 0.2) is 0 Å². The number of benzene rings is 2. The van der Waals surface area contributed by atoms with Gasteiger partial charge < -0.3 is 10.4 Å². The Morgan fingerprint density at radius 2 is 1.52 bits per heavy atom. The Labute approximate surface area is 151 Å². The van der Waals surface area contributed by atoms with Gasteiger partial charge in [-0.3, -0.25) is 4.79 Å². The maximum Gasteiger partial charge on any atom is 0.147 e. The molecule has 3 nitrogen and oxygen atoms in total. The van der Waals surface area contributed by atoms with Crippen LogP contribution < -0.4 is 5.32 Å². The van der Waals surface area contributed by atoms with Gasteiger partial charge in [-0.1, -0.05) is 81.0 Å². The van der Waals surface area contributed by atoms with Crippen molar-refractivity contribution in [2.45, 2.75) is 51.4 Å². The average Bonchev–Trinajstić information content (AvgIpc) is 3.16. The van der Waals surface area contributed by atoms with E-state index in [1.54, 1.807) is 0 Å². The molecule has 1 saturated heterocycles. The van der Waals surface area contributed by atoms with Crippen molar-refractivity contribution in [2.75, 3.05) is 19.7 Å². The number of Topliss-reactive ketones (excluding diaryl/α,β-unsaturated/α-hetero) is 1. The number of fused-ring (bicyclic) bond motifs is 1. The van der Waals surface area contributed by atoms with Gasteiger partial charge in [0, 0.05) is 19.6 Å². The molecule has 0 radical (unpaired) electrons. The van der Waals surface area contributed by atoms with Crippen LogP contribution in [0.15, 0.2) is 42.5 Å². The van der Waals surface area contributed by atoms with E-state index in [9.17, 15) is 4.79 Å². The second-order valence-electron chi connectivity index (χ2n) is 6.70. The third-order valence-corrected chi connectivity index (χ3v) is 4.66. The molecular weight excluding hydrogens is 310 g/mol. The zero-order valence-corrected chi connectivity index (χ0v) is 15.2. The SMILES string of the molecule is C1CCCCC1.O=C1CCNC1.OCCc1cccc2ccccc12. The van der Waals surface area contributed by atoms with Crippen molar-refractivity contribution in [1.29, 1.82) is 0 Å². The Morgan fingerprint density at radius 1 is 0.880 bits per heavy atom. The van der Waals surface area contributed by atoms with Crippen LogP contribution in [0.3, 0.4) is 0 Å². The van der Waals surface area contributed by atoms with Crippen molar-refractivity contribution in [3.8, 4) is 0 Å². The highest BCUT2D eigenvalue weighted by atomic mass is 16.2. The highest BCUT2D eigenvalue weighted by Crippen LogP contribution is 2.18. The van der Waals surface area contributed by atoms with Gasteiger partial charge in [0.05, 0.1) is 6.54 Å². The Kier molecular flexibility index (Phi) is 9.24. The molecule has 2 N–H and O–H groups in total. The van der Waals surface area contributed by atoms with Crippen LogP contribution in [0.2, 0.25) is 0 Å². The van der Waals surface area contributed by atoms with Crippen LogP contribution >= 0.6 is 0 Å². The van der Waals surface area contributed by atoms with Crippen LogP contribution in [0.1, 0.15) is 50.5 Å². The van der Waals surface area contributed by atoms with E-state index in [2.05, 4.69) is 29.6 Å².